The molecule has 0 aromatic carbocycles. The third kappa shape index (κ3) is 1.96. The molecule has 0 N–H and O–H groups in total. The maximum absolute atomic E-state index is 5.62. The van der Waals surface area contributed by atoms with Crippen LogP contribution in [0.3, 0.4) is 0 Å². The molecular weight excluding hydrogens is 254 g/mol. The van der Waals surface area contributed by atoms with Crippen LogP contribution in [0.5, 0.6) is 0 Å². The second-order valence-corrected chi connectivity index (χ2v) is 4.51. The lowest BCUT2D eigenvalue weighted by atomic mass is 10.2. The zero-order chi connectivity index (χ0) is 13.4. The highest BCUT2D eigenvalue weighted by Crippen LogP contribution is 2.46. The number of hydrogen-bond donors (Lipinski definition) is 0. The van der Waals surface area contributed by atoms with Crippen molar-refractivity contribution in [2.45, 2.75) is 12.3 Å². The molecular formula is C14H11N5O. The van der Waals surface area contributed by atoms with Crippen LogP contribution in [0.15, 0.2) is 55.5 Å². The standard InChI is InChI=1S/C14H11N5O/c1-2-4-16-11(3-1)13-17-7-10(8-18-13)12-14(20-12)19-6-5-15-9-19/h1-9,12,14H. The molecule has 4 rings (SSSR count). The molecule has 1 saturated heterocycles. The maximum Gasteiger partial charge on any atom is 0.178 e. The third-order valence-corrected chi connectivity index (χ3v) is 3.18. The van der Waals surface area contributed by atoms with E-state index in [4.69, 9.17) is 4.74 Å². The van der Waals surface area contributed by atoms with E-state index < -0.39 is 0 Å². The van der Waals surface area contributed by atoms with Crippen molar-refractivity contribution in [1.29, 1.82) is 0 Å². The van der Waals surface area contributed by atoms with Gasteiger partial charge in [-0.2, -0.15) is 0 Å². The summed E-state index contributed by atoms with van der Waals surface area (Å²) in [4.78, 5) is 16.9. The SMILES string of the molecule is c1ccc(-c2ncc(C3OC3n3ccnc3)cn2)nc1. The average Bonchev–Trinajstić information content (AvgIpc) is 3.13. The molecule has 1 aliphatic heterocycles. The van der Waals surface area contributed by atoms with Gasteiger partial charge in [-0.15, -0.1) is 0 Å². The van der Waals surface area contributed by atoms with Crippen LogP contribution >= 0.6 is 0 Å². The smallest absolute Gasteiger partial charge is 0.178 e. The fourth-order valence-electron chi connectivity index (χ4n) is 2.11. The molecule has 20 heavy (non-hydrogen) atoms. The lowest BCUT2D eigenvalue weighted by molar-refractivity contribution is 0.333. The van der Waals surface area contributed by atoms with Gasteiger partial charge in [0.05, 0.1) is 6.33 Å². The summed E-state index contributed by atoms with van der Waals surface area (Å²) in [6, 6.07) is 5.67. The Morgan fingerprint density at radius 2 is 1.95 bits per heavy atom. The molecule has 0 radical (unpaired) electrons. The summed E-state index contributed by atoms with van der Waals surface area (Å²) in [5.41, 5.74) is 1.73. The van der Waals surface area contributed by atoms with Crippen LogP contribution in [-0.2, 0) is 4.74 Å². The summed E-state index contributed by atoms with van der Waals surface area (Å²) in [5, 5.41) is 0. The Bertz CT molecular complexity index is 696. The number of nitrogens with zero attached hydrogens (tertiary/aromatic N) is 5. The summed E-state index contributed by atoms with van der Waals surface area (Å²) in [6.07, 6.45) is 10.7. The van der Waals surface area contributed by atoms with Crippen LogP contribution in [0.1, 0.15) is 17.9 Å². The number of epoxide rings is 1. The summed E-state index contributed by atoms with van der Waals surface area (Å²) in [6.45, 7) is 0. The minimum absolute atomic E-state index is 0.00167. The largest absolute Gasteiger partial charge is 0.342 e. The van der Waals surface area contributed by atoms with Crippen molar-refractivity contribution in [1.82, 2.24) is 24.5 Å². The van der Waals surface area contributed by atoms with Crippen molar-refractivity contribution in [3.8, 4) is 11.5 Å². The number of pyridine rings is 1. The van der Waals surface area contributed by atoms with E-state index in [1.807, 2.05) is 29.0 Å². The second-order valence-electron chi connectivity index (χ2n) is 4.51. The predicted octanol–water partition coefficient (Wildman–Crippen LogP) is 2.01. The Hall–Kier alpha value is -2.60. The van der Waals surface area contributed by atoms with E-state index in [1.54, 1.807) is 31.1 Å². The van der Waals surface area contributed by atoms with E-state index in [0.717, 1.165) is 11.3 Å². The van der Waals surface area contributed by atoms with Crippen molar-refractivity contribution >= 4 is 0 Å². The Morgan fingerprint density at radius 1 is 1.05 bits per heavy atom. The first-order chi connectivity index (χ1) is 9.92. The Balaban J connectivity index is 1.55. The Labute approximate surface area is 115 Å². The van der Waals surface area contributed by atoms with Crippen LogP contribution in [-0.4, -0.2) is 24.5 Å². The monoisotopic (exact) mass is 265 g/mol. The molecule has 2 atom stereocenters. The Morgan fingerprint density at radius 3 is 2.65 bits per heavy atom. The van der Waals surface area contributed by atoms with E-state index >= 15 is 0 Å². The first-order valence-corrected chi connectivity index (χ1v) is 6.28. The van der Waals surface area contributed by atoms with Crippen molar-refractivity contribution in [3.63, 3.8) is 0 Å². The molecule has 3 aromatic rings. The lowest BCUT2D eigenvalue weighted by Gasteiger charge is -2.00. The quantitative estimate of drug-likeness (QED) is 0.677. The van der Waals surface area contributed by atoms with Crippen LogP contribution in [0, 0.1) is 0 Å². The number of hydrogen-bond acceptors (Lipinski definition) is 5. The molecule has 2 unspecified atom stereocenters. The van der Waals surface area contributed by atoms with Crippen molar-refractivity contribution in [2.75, 3.05) is 0 Å². The molecule has 1 fully saturated rings. The van der Waals surface area contributed by atoms with Gasteiger partial charge in [-0.3, -0.25) is 4.98 Å². The number of aromatic nitrogens is 5. The van der Waals surface area contributed by atoms with Gasteiger partial charge in [0.25, 0.3) is 0 Å². The number of ether oxygens (including phenoxy) is 1. The highest BCUT2D eigenvalue weighted by Gasteiger charge is 2.42. The zero-order valence-electron chi connectivity index (χ0n) is 10.5. The molecule has 6 heteroatoms. The van der Waals surface area contributed by atoms with E-state index in [9.17, 15) is 0 Å². The first kappa shape index (κ1) is 11.2. The topological polar surface area (TPSA) is 69.0 Å². The first-order valence-electron chi connectivity index (χ1n) is 6.28. The molecule has 0 aliphatic carbocycles. The molecule has 0 spiro atoms. The molecule has 0 saturated carbocycles. The number of imidazole rings is 1. The molecule has 1 aliphatic rings. The molecule has 3 aromatic heterocycles. The maximum atomic E-state index is 5.62. The second kappa shape index (κ2) is 4.50. The molecule has 6 nitrogen and oxygen atoms in total. The van der Waals surface area contributed by atoms with E-state index in [1.165, 1.54) is 0 Å². The van der Waals surface area contributed by atoms with Crippen LogP contribution < -0.4 is 0 Å². The van der Waals surface area contributed by atoms with Crippen LogP contribution in [0.2, 0.25) is 0 Å². The van der Waals surface area contributed by atoms with Crippen molar-refractivity contribution < 1.29 is 4.74 Å². The lowest BCUT2D eigenvalue weighted by Crippen LogP contribution is -1.95. The van der Waals surface area contributed by atoms with Gasteiger partial charge in [0.15, 0.2) is 12.1 Å². The highest BCUT2D eigenvalue weighted by molar-refractivity contribution is 5.47. The van der Waals surface area contributed by atoms with Gasteiger partial charge in [0.2, 0.25) is 0 Å². The van der Waals surface area contributed by atoms with Crippen LogP contribution in [0.25, 0.3) is 11.5 Å². The Kier molecular flexibility index (Phi) is 2.53. The van der Waals surface area contributed by atoms with Gasteiger partial charge in [-0.05, 0) is 12.1 Å². The van der Waals surface area contributed by atoms with E-state index in [0.29, 0.717) is 5.82 Å². The van der Waals surface area contributed by atoms with Gasteiger partial charge in [-0.25, -0.2) is 15.0 Å². The summed E-state index contributed by atoms with van der Waals surface area (Å²) in [5.74, 6) is 0.620. The van der Waals surface area contributed by atoms with Crippen LogP contribution in [0.4, 0.5) is 0 Å². The average molecular weight is 265 g/mol. The third-order valence-electron chi connectivity index (χ3n) is 3.18. The molecule has 98 valence electrons. The molecule has 0 amide bonds. The van der Waals surface area contributed by atoms with Crippen molar-refractivity contribution in [3.05, 3.63) is 61.1 Å². The predicted molar refractivity (Wildman–Crippen MR) is 70.4 cm³/mol. The molecule has 0 bridgehead atoms. The van der Waals surface area contributed by atoms with Gasteiger partial charge in [-0.1, -0.05) is 6.07 Å². The van der Waals surface area contributed by atoms with Crippen molar-refractivity contribution in [2.24, 2.45) is 0 Å². The van der Waals surface area contributed by atoms with E-state index in [2.05, 4.69) is 19.9 Å². The minimum atomic E-state index is 0.00167. The highest BCUT2D eigenvalue weighted by atomic mass is 16.6. The van der Waals surface area contributed by atoms with Gasteiger partial charge < -0.3 is 9.30 Å². The summed E-state index contributed by atoms with van der Waals surface area (Å²) >= 11 is 0. The van der Waals surface area contributed by atoms with Gasteiger partial charge in [0, 0.05) is 36.5 Å². The zero-order valence-corrected chi connectivity index (χ0v) is 10.5. The summed E-state index contributed by atoms with van der Waals surface area (Å²) < 4.78 is 7.55. The molecule has 4 heterocycles. The van der Waals surface area contributed by atoms with E-state index in [-0.39, 0.29) is 12.3 Å². The summed E-state index contributed by atoms with van der Waals surface area (Å²) in [7, 11) is 0. The fraction of sp³-hybridized carbons (Fsp3) is 0.143. The minimum Gasteiger partial charge on any atom is -0.342 e. The fourth-order valence-corrected chi connectivity index (χ4v) is 2.11. The van der Waals surface area contributed by atoms with Gasteiger partial charge in [0.1, 0.15) is 11.8 Å². The number of rotatable bonds is 3. The normalized spacial score (nSPS) is 20.8. The van der Waals surface area contributed by atoms with Gasteiger partial charge >= 0.3 is 0 Å².